The smallest absolute Gasteiger partial charge is 0.338 e. The van der Waals surface area contributed by atoms with Crippen molar-refractivity contribution < 1.29 is 14.7 Å². The zero-order chi connectivity index (χ0) is 17.2. The highest BCUT2D eigenvalue weighted by molar-refractivity contribution is 5.99. The topological polar surface area (TPSA) is 121 Å². The Labute approximate surface area is 136 Å². The summed E-state index contributed by atoms with van der Waals surface area (Å²) in [5, 5.41) is 23.7. The van der Waals surface area contributed by atoms with E-state index >= 15 is 0 Å². The Hall–Kier alpha value is -3.28. The number of terminal acetylenes is 1. The van der Waals surface area contributed by atoms with Gasteiger partial charge in [-0.2, -0.15) is 15.3 Å². The zero-order valence-corrected chi connectivity index (χ0v) is 12.6. The van der Waals surface area contributed by atoms with Crippen molar-refractivity contribution in [2.75, 3.05) is 6.54 Å². The van der Waals surface area contributed by atoms with Gasteiger partial charge in [-0.25, -0.2) is 14.3 Å². The molecule has 0 bridgehead atoms. The van der Waals surface area contributed by atoms with Gasteiger partial charge in [0, 0.05) is 38.2 Å². The molecule has 24 heavy (non-hydrogen) atoms. The molecule has 0 aromatic carbocycles. The van der Waals surface area contributed by atoms with Gasteiger partial charge in [0.25, 0.3) is 5.91 Å². The number of rotatable bonds is 7. The van der Waals surface area contributed by atoms with Crippen molar-refractivity contribution >= 4 is 17.5 Å². The Kier molecular flexibility index (Phi) is 3.95. The van der Waals surface area contributed by atoms with Crippen LogP contribution in [0.1, 0.15) is 40.0 Å². The first kappa shape index (κ1) is 15.6. The van der Waals surface area contributed by atoms with Gasteiger partial charge < -0.3 is 10.4 Å². The summed E-state index contributed by atoms with van der Waals surface area (Å²) < 4.78 is 1.26. The fraction of sp³-hybridized carbons (Fsp3) is 0.333. The number of aromatic nitrogens is 3. The number of fused-ring (bicyclic) bond motifs is 1. The maximum Gasteiger partial charge on any atom is 0.338 e. The number of carbonyl (C=O) groups excluding carboxylic acids is 1. The molecule has 9 nitrogen and oxygen atoms in total. The first-order valence-corrected chi connectivity index (χ1v) is 7.27. The molecule has 9 heteroatoms. The van der Waals surface area contributed by atoms with Gasteiger partial charge in [0.2, 0.25) is 0 Å². The fourth-order valence-electron chi connectivity index (χ4n) is 2.28. The maximum atomic E-state index is 12.2. The molecule has 0 saturated carbocycles. The van der Waals surface area contributed by atoms with Gasteiger partial charge in [0.05, 0.1) is 11.8 Å². The highest BCUT2D eigenvalue weighted by Gasteiger charge is 2.38. The van der Waals surface area contributed by atoms with Crippen LogP contribution in [0.4, 0.5) is 0 Å². The summed E-state index contributed by atoms with van der Waals surface area (Å²) in [6.45, 7) is 0.390. The maximum absolute atomic E-state index is 12.2. The van der Waals surface area contributed by atoms with Crippen molar-refractivity contribution in [3.8, 4) is 12.3 Å². The molecule has 0 atom stereocenters. The number of carboxylic acid groups (broad SMARTS) is 1. The molecule has 2 N–H and O–H groups in total. The lowest BCUT2D eigenvalue weighted by Crippen LogP contribution is -2.28. The molecule has 0 fully saturated rings. The SMILES string of the molecule is C#CCCC1(CCNC(=O)c2cnn3cc(C(=O)O)cnc23)N=N1. The van der Waals surface area contributed by atoms with Crippen LogP contribution in [0, 0.1) is 12.3 Å². The van der Waals surface area contributed by atoms with Gasteiger partial charge in [-0.05, 0) is 0 Å². The standard InChI is InChI=1S/C15H14N6O3/c1-2-3-4-15(19-20-15)5-6-16-13(22)11-8-18-21-9-10(14(23)24)7-17-12(11)21/h1,7-9H,3-6H2,(H,16,22)(H,23,24). The van der Waals surface area contributed by atoms with Crippen molar-refractivity contribution in [3.05, 3.63) is 29.7 Å². The number of hydrogen-bond donors (Lipinski definition) is 2. The minimum Gasteiger partial charge on any atom is -0.478 e. The van der Waals surface area contributed by atoms with Gasteiger partial charge in [-0.3, -0.25) is 4.79 Å². The second-order valence-corrected chi connectivity index (χ2v) is 5.37. The molecule has 2 aromatic rings. The molecule has 1 amide bonds. The van der Waals surface area contributed by atoms with Gasteiger partial charge in [0.15, 0.2) is 11.3 Å². The van der Waals surface area contributed by atoms with Gasteiger partial charge in [0.1, 0.15) is 5.56 Å². The lowest BCUT2D eigenvalue weighted by molar-refractivity contribution is 0.0695. The van der Waals surface area contributed by atoms with Crippen molar-refractivity contribution in [2.45, 2.75) is 24.9 Å². The van der Waals surface area contributed by atoms with Crippen LogP contribution in [0.2, 0.25) is 0 Å². The third kappa shape index (κ3) is 3.08. The first-order chi connectivity index (χ1) is 11.5. The van der Waals surface area contributed by atoms with Gasteiger partial charge in [-0.1, -0.05) is 0 Å². The molecule has 122 valence electrons. The fourth-order valence-corrected chi connectivity index (χ4v) is 2.28. The van der Waals surface area contributed by atoms with E-state index in [1.807, 2.05) is 0 Å². The third-order valence-corrected chi connectivity index (χ3v) is 3.71. The van der Waals surface area contributed by atoms with Crippen LogP contribution in [0.25, 0.3) is 5.65 Å². The number of nitrogens with zero attached hydrogens (tertiary/aromatic N) is 5. The Bertz CT molecular complexity index is 873. The second-order valence-electron chi connectivity index (χ2n) is 5.37. The molecule has 1 aliphatic heterocycles. The van der Waals surface area contributed by atoms with Crippen molar-refractivity contribution in [1.82, 2.24) is 19.9 Å². The molecule has 0 unspecified atom stereocenters. The minimum atomic E-state index is -1.11. The molecule has 2 aromatic heterocycles. The number of aromatic carboxylic acids is 1. The molecular weight excluding hydrogens is 312 g/mol. The predicted molar refractivity (Wildman–Crippen MR) is 82.6 cm³/mol. The average Bonchev–Trinajstić information content (AvgIpc) is 3.21. The minimum absolute atomic E-state index is 0.00929. The molecular formula is C15H14N6O3. The normalized spacial score (nSPS) is 14.3. The van der Waals surface area contributed by atoms with E-state index in [0.717, 1.165) is 0 Å². The lowest BCUT2D eigenvalue weighted by atomic mass is 10.0. The van der Waals surface area contributed by atoms with E-state index in [0.29, 0.717) is 31.5 Å². The predicted octanol–water partition coefficient (Wildman–Crippen LogP) is 1.12. The monoisotopic (exact) mass is 326 g/mol. The molecule has 3 rings (SSSR count). The number of carbonyl (C=O) groups is 2. The first-order valence-electron chi connectivity index (χ1n) is 7.27. The van der Waals surface area contributed by atoms with E-state index in [9.17, 15) is 9.59 Å². The summed E-state index contributed by atoms with van der Waals surface area (Å²) in [6, 6.07) is 0. The summed E-state index contributed by atoms with van der Waals surface area (Å²) in [7, 11) is 0. The van der Waals surface area contributed by atoms with Gasteiger partial charge >= 0.3 is 5.97 Å². The molecule has 0 aliphatic carbocycles. The average molecular weight is 326 g/mol. The molecule has 3 heterocycles. The summed E-state index contributed by atoms with van der Waals surface area (Å²) in [4.78, 5) is 27.1. The quantitative estimate of drug-likeness (QED) is 0.738. The number of nitrogens with one attached hydrogen (secondary N) is 1. The Morgan fingerprint density at radius 3 is 2.79 bits per heavy atom. The van der Waals surface area contributed by atoms with Crippen molar-refractivity contribution in [2.24, 2.45) is 10.2 Å². The summed E-state index contributed by atoms with van der Waals surface area (Å²) >= 11 is 0. The van der Waals surface area contributed by atoms with Crippen LogP contribution in [0.15, 0.2) is 28.8 Å². The summed E-state index contributed by atoms with van der Waals surface area (Å²) in [5.41, 5.74) is 0.106. The highest BCUT2D eigenvalue weighted by atomic mass is 16.4. The van der Waals surface area contributed by atoms with Crippen molar-refractivity contribution in [3.63, 3.8) is 0 Å². The Morgan fingerprint density at radius 1 is 1.33 bits per heavy atom. The van der Waals surface area contributed by atoms with Crippen LogP contribution in [0.3, 0.4) is 0 Å². The third-order valence-electron chi connectivity index (χ3n) is 3.71. The van der Waals surface area contributed by atoms with Crippen LogP contribution in [-0.2, 0) is 0 Å². The highest BCUT2D eigenvalue weighted by Crippen LogP contribution is 2.36. The Morgan fingerprint density at radius 2 is 2.12 bits per heavy atom. The summed E-state index contributed by atoms with van der Waals surface area (Å²) in [5.74, 6) is 1.10. The lowest BCUT2D eigenvalue weighted by Gasteiger charge is -2.09. The van der Waals surface area contributed by atoms with Crippen LogP contribution in [0.5, 0.6) is 0 Å². The molecule has 0 spiro atoms. The number of hydrogen-bond acceptors (Lipinski definition) is 6. The second kappa shape index (κ2) is 6.08. The van der Waals surface area contributed by atoms with Crippen LogP contribution >= 0.6 is 0 Å². The molecule has 0 saturated heterocycles. The van der Waals surface area contributed by atoms with E-state index in [2.05, 4.69) is 31.5 Å². The molecule has 0 radical (unpaired) electrons. The molecule has 1 aliphatic rings. The van der Waals surface area contributed by atoms with Gasteiger partial charge in [-0.15, -0.1) is 12.3 Å². The van der Waals surface area contributed by atoms with Crippen molar-refractivity contribution in [1.29, 1.82) is 0 Å². The number of carboxylic acids is 1. The van der Waals surface area contributed by atoms with Crippen LogP contribution in [-0.4, -0.2) is 43.8 Å². The van der Waals surface area contributed by atoms with E-state index < -0.39 is 11.6 Å². The van der Waals surface area contributed by atoms with E-state index in [-0.39, 0.29) is 17.0 Å². The largest absolute Gasteiger partial charge is 0.478 e. The van der Waals surface area contributed by atoms with E-state index in [1.165, 1.54) is 23.1 Å². The zero-order valence-electron chi connectivity index (χ0n) is 12.6. The Balaban J connectivity index is 1.62. The van der Waals surface area contributed by atoms with Crippen LogP contribution < -0.4 is 5.32 Å². The van der Waals surface area contributed by atoms with E-state index in [1.54, 1.807) is 0 Å². The number of amides is 1. The summed E-state index contributed by atoms with van der Waals surface area (Å²) in [6.07, 6.45) is 10.9. The van der Waals surface area contributed by atoms with E-state index in [4.69, 9.17) is 11.5 Å².